The highest BCUT2D eigenvalue weighted by Crippen LogP contribution is 2.40. The molecule has 4 unspecified atom stereocenters. The van der Waals surface area contributed by atoms with Crippen molar-refractivity contribution in [2.45, 2.75) is 38.4 Å². The molecule has 0 aromatic heterocycles. The van der Waals surface area contributed by atoms with E-state index < -0.39 is 0 Å². The maximum atomic E-state index is 9.71. The summed E-state index contributed by atoms with van der Waals surface area (Å²) in [6, 6.07) is 0. The Kier molecular flexibility index (Phi) is 2.70. The molecule has 0 saturated heterocycles. The number of fused-ring (bicyclic) bond motifs is 2. The Hall–Kier alpha value is -0.340. The summed E-state index contributed by atoms with van der Waals surface area (Å²) in [5, 5.41) is 9.71. The standard InChI is InChI=1S/C11H18O2/c1-2-3-6-13-10-7-8-4-5-9(10)11(8)12/h4-5,8-12H,2-3,6-7H2,1H3. The molecule has 4 atom stereocenters. The molecule has 2 aliphatic rings. The number of unbranched alkanes of at least 4 members (excludes halogenated alkanes) is 1. The highest BCUT2D eigenvalue weighted by atomic mass is 16.5. The predicted molar refractivity (Wildman–Crippen MR) is 51.4 cm³/mol. The topological polar surface area (TPSA) is 29.5 Å². The number of ether oxygens (including phenoxy) is 1. The molecule has 0 radical (unpaired) electrons. The zero-order chi connectivity index (χ0) is 9.26. The molecule has 0 aromatic rings. The maximum Gasteiger partial charge on any atom is 0.0691 e. The second-order valence-corrected chi connectivity index (χ2v) is 4.12. The maximum absolute atomic E-state index is 9.71. The summed E-state index contributed by atoms with van der Waals surface area (Å²) in [4.78, 5) is 0. The second kappa shape index (κ2) is 3.81. The van der Waals surface area contributed by atoms with Crippen LogP contribution in [0.3, 0.4) is 0 Å². The van der Waals surface area contributed by atoms with Gasteiger partial charge in [0.1, 0.15) is 0 Å². The average molecular weight is 182 g/mol. The van der Waals surface area contributed by atoms with Crippen LogP contribution in [0.25, 0.3) is 0 Å². The van der Waals surface area contributed by atoms with Gasteiger partial charge in [-0.3, -0.25) is 0 Å². The monoisotopic (exact) mass is 182 g/mol. The molecule has 0 amide bonds. The van der Waals surface area contributed by atoms with E-state index in [1.165, 1.54) is 6.42 Å². The van der Waals surface area contributed by atoms with E-state index in [2.05, 4.69) is 19.1 Å². The highest BCUT2D eigenvalue weighted by molar-refractivity contribution is 5.16. The fourth-order valence-electron chi connectivity index (χ4n) is 2.33. The molecule has 1 saturated carbocycles. The molecular weight excluding hydrogens is 164 g/mol. The van der Waals surface area contributed by atoms with Gasteiger partial charge in [0.05, 0.1) is 12.2 Å². The average Bonchev–Trinajstić information content (AvgIpc) is 2.62. The Morgan fingerprint density at radius 1 is 1.46 bits per heavy atom. The van der Waals surface area contributed by atoms with Crippen molar-refractivity contribution >= 4 is 0 Å². The van der Waals surface area contributed by atoms with Gasteiger partial charge in [0.25, 0.3) is 0 Å². The number of hydrogen-bond donors (Lipinski definition) is 1. The lowest BCUT2D eigenvalue weighted by Crippen LogP contribution is -2.22. The lowest BCUT2D eigenvalue weighted by molar-refractivity contribution is 0.0191. The minimum Gasteiger partial charge on any atom is -0.392 e. The van der Waals surface area contributed by atoms with Crippen molar-refractivity contribution in [2.75, 3.05) is 6.61 Å². The fraction of sp³-hybridized carbons (Fsp3) is 0.818. The van der Waals surface area contributed by atoms with Crippen LogP contribution in [-0.2, 0) is 4.74 Å². The van der Waals surface area contributed by atoms with Gasteiger partial charge in [0.2, 0.25) is 0 Å². The number of hydrogen-bond acceptors (Lipinski definition) is 2. The first-order valence-electron chi connectivity index (χ1n) is 5.31. The van der Waals surface area contributed by atoms with Crippen LogP contribution >= 0.6 is 0 Å². The zero-order valence-electron chi connectivity index (χ0n) is 8.15. The van der Waals surface area contributed by atoms with E-state index >= 15 is 0 Å². The summed E-state index contributed by atoms with van der Waals surface area (Å²) in [5.74, 6) is 0.651. The van der Waals surface area contributed by atoms with E-state index in [-0.39, 0.29) is 18.1 Å². The molecule has 2 nitrogen and oxygen atoms in total. The van der Waals surface area contributed by atoms with E-state index in [0.29, 0.717) is 5.92 Å². The Labute approximate surface area is 79.6 Å². The van der Waals surface area contributed by atoms with Crippen LogP contribution in [-0.4, -0.2) is 23.9 Å². The summed E-state index contributed by atoms with van der Waals surface area (Å²) < 4.78 is 5.74. The SMILES string of the molecule is CCCCOC1CC2C=CC1C2O. The van der Waals surface area contributed by atoms with E-state index in [9.17, 15) is 5.11 Å². The van der Waals surface area contributed by atoms with Crippen LogP contribution in [0.15, 0.2) is 12.2 Å². The van der Waals surface area contributed by atoms with Gasteiger partial charge in [-0.2, -0.15) is 0 Å². The molecule has 13 heavy (non-hydrogen) atoms. The molecule has 2 aliphatic carbocycles. The first-order valence-corrected chi connectivity index (χ1v) is 5.31. The lowest BCUT2D eigenvalue weighted by Gasteiger charge is -2.18. The number of aliphatic hydroxyl groups is 1. The van der Waals surface area contributed by atoms with Gasteiger partial charge < -0.3 is 9.84 Å². The Morgan fingerprint density at radius 2 is 2.31 bits per heavy atom. The van der Waals surface area contributed by atoms with Gasteiger partial charge in [-0.25, -0.2) is 0 Å². The third-order valence-electron chi connectivity index (χ3n) is 3.18. The van der Waals surface area contributed by atoms with Crippen molar-refractivity contribution in [3.8, 4) is 0 Å². The highest BCUT2D eigenvalue weighted by Gasteiger charge is 2.44. The van der Waals surface area contributed by atoms with Crippen molar-refractivity contribution in [2.24, 2.45) is 11.8 Å². The summed E-state index contributed by atoms with van der Waals surface area (Å²) in [5.41, 5.74) is 0. The van der Waals surface area contributed by atoms with Crippen LogP contribution in [0, 0.1) is 11.8 Å². The first kappa shape index (κ1) is 9.22. The Balaban J connectivity index is 1.80. The van der Waals surface area contributed by atoms with Gasteiger partial charge in [0.15, 0.2) is 0 Å². The van der Waals surface area contributed by atoms with E-state index in [1.807, 2.05) is 0 Å². The summed E-state index contributed by atoms with van der Waals surface area (Å²) in [7, 11) is 0. The third kappa shape index (κ3) is 1.65. The van der Waals surface area contributed by atoms with Crippen LogP contribution in [0.5, 0.6) is 0 Å². The van der Waals surface area contributed by atoms with Crippen LogP contribution < -0.4 is 0 Å². The minimum atomic E-state index is -0.161. The summed E-state index contributed by atoms with van der Waals surface area (Å²) >= 11 is 0. The molecule has 1 fully saturated rings. The largest absolute Gasteiger partial charge is 0.392 e. The number of rotatable bonds is 4. The van der Waals surface area contributed by atoms with Gasteiger partial charge in [-0.15, -0.1) is 0 Å². The quantitative estimate of drug-likeness (QED) is 0.530. The molecule has 0 aromatic carbocycles. The molecule has 2 heteroatoms. The van der Waals surface area contributed by atoms with Gasteiger partial charge in [-0.1, -0.05) is 25.5 Å². The van der Waals surface area contributed by atoms with E-state index in [1.54, 1.807) is 0 Å². The van der Waals surface area contributed by atoms with E-state index in [4.69, 9.17) is 4.74 Å². The Morgan fingerprint density at radius 3 is 2.85 bits per heavy atom. The van der Waals surface area contributed by atoms with Gasteiger partial charge >= 0.3 is 0 Å². The molecule has 0 spiro atoms. The van der Waals surface area contributed by atoms with Gasteiger partial charge in [-0.05, 0) is 12.8 Å². The van der Waals surface area contributed by atoms with Crippen LogP contribution in [0.1, 0.15) is 26.2 Å². The predicted octanol–water partition coefficient (Wildman–Crippen LogP) is 1.74. The molecule has 2 rings (SSSR count). The molecule has 74 valence electrons. The normalized spacial score (nSPS) is 41.7. The number of aliphatic hydroxyl groups excluding tert-OH is 1. The summed E-state index contributed by atoms with van der Waals surface area (Å²) in [6.07, 6.45) is 7.71. The smallest absolute Gasteiger partial charge is 0.0691 e. The molecule has 1 N–H and O–H groups in total. The summed E-state index contributed by atoms with van der Waals surface area (Å²) in [6.45, 7) is 3.02. The zero-order valence-corrected chi connectivity index (χ0v) is 8.15. The van der Waals surface area contributed by atoms with Crippen LogP contribution in [0.2, 0.25) is 0 Å². The molecule has 0 aliphatic heterocycles. The van der Waals surface area contributed by atoms with Crippen molar-refractivity contribution in [3.63, 3.8) is 0 Å². The van der Waals surface area contributed by atoms with E-state index in [0.717, 1.165) is 19.4 Å². The first-order chi connectivity index (χ1) is 6.33. The van der Waals surface area contributed by atoms with Crippen molar-refractivity contribution < 1.29 is 9.84 Å². The molecule has 2 bridgehead atoms. The second-order valence-electron chi connectivity index (χ2n) is 4.12. The third-order valence-corrected chi connectivity index (χ3v) is 3.18. The van der Waals surface area contributed by atoms with Gasteiger partial charge in [0, 0.05) is 18.4 Å². The molecular formula is C11H18O2. The fourth-order valence-corrected chi connectivity index (χ4v) is 2.33. The molecule has 0 heterocycles. The lowest BCUT2D eigenvalue weighted by atomic mass is 10.0. The minimum absolute atomic E-state index is 0.161. The van der Waals surface area contributed by atoms with Crippen molar-refractivity contribution in [1.82, 2.24) is 0 Å². The Bertz CT molecular complexity index is 200. The van der Waals surface area contributed by atoms with Crippen molar-refractivity contribution in [1.29, 1.82) is 0 Å². The van der Waals surface area contributed by atoms with Crippen molar-refractivity contribution in [3.05, 3.63) is 12.2 Å². The van der Waals surface area contributed by atoms with Crippen LogP contribution in [0.4, 0.5) is 0 Å².